The minimum absolute atomic E-state index is 0.885. The quantitative estimate of drug-likeness (QED) is 0.798. The Balaban J connectivity index is 1.66. The first-order valence-electron chi connectivity index (χ1n) is 8.44. The van der Waals surface area contributed by atoms with Crippen LogP contribution < -0.4 is 5.32 Å². The Morgan fingerprint density at radius 3 is 2.74 bits per heavy atom. The van der Waals surface area contributed by atoms with E-state index in [9.17, 15) is 0 Å². The summed E-state index contributed by atoms with van der Waals surface area (Å²) in [5.41, 5.74) is 9.46. The number of nitrogens with one attached hydrogen (secondary N) is 1. The van der Waals surface area contributed by atoms with Crippen molar-refractivity contribution in [2.75, 3.05) is 7.05 Å². The van der Waals surface area contributed by atoms with Crippen molar-refractivity contribution in [2.45, 2.75) is 39.3 Å². The van der Waals surface area contributed by atoms with E-state index in [1.165, 1.54) is 52.6 Å². The van der Waals surface area contributed by atoms with Gasteiger partial charge in [0.1, 0.15) is 0 Å². The van der Waals surface area contributed by atoms with E-state index in [0.717, 1.165) is 18.6 Å². The van der Waals surface area contributed by atoms with Gasteiger partial charge in [-0.05, 0) is 73.2 Å². The highest BCUT2D eigenvalue weighted by atomic mass is 15.0. The molecule has 0 amide bonds. The molecule has 0 fully saturated rings. The van der Waals surface area contributed by atoms with Gasteiger partial charge in [0.2, 0.25) is 0 Å². The molecule has 1 aliphatic carbocycles. The maximum Gasteiger partial charge on any atom is 0.0961 e. The largest absolute Gasteiger partial charge is 0.326 e. The van der Waals surface area contributed by atoms with Gasteiger partial charge in [-0.1, -0.05) is 18.2 Å². The van der Waals surface area contributed by atoms with Crippen molar-refractivity contribution in [3.05, 3.63) is 64.5 Å². The van der Waals surface area contributed by atoms with Gasteiger partial charge >= 0.3 is 0 Å². The molecule has 0 aliphatic heterocycles. The smallest absolute Gasteiger partial charge is 0.0961 e. The number of hydrogen-bond donors (Lipinski definition) is 1. The second-order valence-electron chi connectivity index (χ2n) is 6.63. The van der Waals surface area contributed by atoms with E-state index in [0.29, 0.717) is 0 Å². The average molecular weight is 305 g/mol. The summed E-state index contributed by atoms with van der Waals surface area (Å²) in [7, 11) is 1.99. The van der Waals surface area contributed by atoms with Crippen LogP contribution in [0.4, 0.5) is 0 Å². The fraction of sp³-hybridized carbons (Fsp3) is 0.350. The predicted molar refractivity (Wildman–Crippen MR) is 94.8 cm³/mol. The Labute approximate surface area is 137 Å². The van der Waals surface area contributed by atoms with Crippen LogP contribution in [0.5, 0.6) is 0 Å². The van der Waals surface area contributed by atoms with Crippen molar-refractivity contribution < 1.29 is 0 Å². The molecule has 4 rings (SSSR count). The van der Waals surface area contributed by atoms with Crippen LogP contribution in [0.3, 0.4) is 0 Å². The van der Waals surface area contributed by atoms with E-state index < -0.39 is 0 Å². The van der Waals surface area contributed by atoms with Crippen LogP contribution in [0.2, 0.25) is 0 Å². The van der Waals surface area contributed by atoms with Crippen LogP contribution in [0, 0.1) is 6.92 Å². The van der Waals surface area contributed by atoms with E-state index in [2.05, 4.69) is 52.1 Å². The van der Waals surface area contributed by atoms with Crippen LogP contribution in [-0.4, -0.2) is 16.6 Å². The van der Waals surface area contributed by atoms with Gasteiger partial charge in [-0.15, -0.1) is 0 Å². The highest BCUT2D eigenvalue weighted by molar-refractivity contribution is 5.78. The molecule has 0 spiro atoms. The van der Waals surface area contributed by atoms with Crippen molar-refractivity contribution in [1.29, 1.82) is 0 Å². The third-order valence-corrected chi connectivity index (χ3v) is 4.96. The highest BCUT2D eigenvalue weighted by Crippen LogP contribution is 2.27. The number of aromatic nitrogens is 2. The van der Waals surface area contributed by atoms with E-state index in [-0.39, 0.29) is 0 Å². The third-order valence-electron chi connectivity index (χ3n) is 4.96. The van der Waals surface area contributed by atoms with Crippen LogP contribution in [0.25, 0.3) is 11.0 Å². The first-order valence-corrected chi connectivity index (χ1v) is 8.44. The van der Waals surface area contributed by atoms with Gasteiger partial charge in [-0.2, -0.15) is 0 Å². The number of fused-ring (bicyclic) bond motifs is 2. The number of imidazole rings is 1. The van der Waals surface area contributed by atoms with Gasteiger partial charge in [0.15, 0.2) is 0 Å². The number of aryl methyl sites for hydroxylation is 3. The molecule has 118 valence electrons. The monoisotopic (exact) mass is 305 g/mol. The molecule has 1 heterocycles. The molecular formula is C20H23N3. The van der Waals surface area contributed by atoms with Gasteiger partial charge in [-0.25, -0.2) is 4.98 Å². The summed E-state index contributed by atoms with van der Waals surface area (Å²) in [6.45, 7) is 4.00. The van der Waals surface area contributed by atoms with Crippen LogP contribution in [-0.2, 0) is 25.9 Å². The Morgan fingerprint density at radius 1 is 1.13 bits per heavy atom. The Kier molecular flexibility index (Phi) is 3.66. The van der Waals surface area contributed by atoms with E-state index in [4.69, 9.17) is 0 Å². The molecule has 2 aromatic carbocycles. The molecular weight excluding hydrogens is 282 g/mol. The Hall–Kier alpha value is -2.13. The minimum atomic E-state index is 0.885. The molecule has 23 heavy (non-hydrogen) atoms. The van der Waals surface area contributed by atoms with Crippen LogP contribution in [0.1, 0.15) is 34.2 Å². The van der Waals surface area contributed by atoms with Gasteiger partial charge in [-0.3, -0.25) is 0 Å². The number of nitrogens with zero attached hydrogens (tertiary/aromatic N) is 2. The van der Waals surface area contributed by atoms with Gasteiger partial charge in [0.05, 0.1) is 17.4 Å². The lowest BCUT2D eigenvalue weighted by atomic mass is 10.0. The number of benzene rings is 2. The molecule has 0 radical (unpaired) electrons. The molecule has 1 aromatic heterocycles. The standard InChI is InChI=1S/C20H23N3/c1-14-8-15(6-7-18(14)11-21-2)12-23-13-22-19-9-16-4-3-5-17(16)10-20(19)23/h6-10,13,21H,3-5,11-12H2,1-2H3. The Bertz CT molecular complexity index is 861. The summed E-state index contributed by atoms with van der Waals surface area (Å²) in [4.78, 5) is 4.61. The van der Waals surface area contributed by atoms with Crippen molar-refractivity contribution in [2.24, 2.45) is 0 Å². The third kappa shape index (κ3) is 2.66. The first-order chi connectivity index (χ1) is 11.2. The molecule has 3 heteroatoms. The Morgan fingerprint density at radius 2 is 1.96 bits per heavy atom. The summed E-state index contributed by atoms with van der Waals surface area (Å²) >= 11 is 0. The molecule has 1 aliphatic rings. The zero-order valence-corrected chi connectivity index (χ0v) is 13.9. The highest BCUT2D eigenvalue weighted by Gasteiger charge is 2.14. The zero-order valence-electron chi connectivity index (χ0n) is 13.9. The van der Waals surface area contributed by atoms with Crippen LogP contribution in [0.15, 0.2) is 36.7 Å². The molecule has 0 atom stereocenters. The maximum absolute atomic E-state index is 4.61. The fourth-order valence-electron chi connectivity index (χ4n) is 3.69. The first kappa shape index (κ1) is 14.5. The van der Waals surface area contributed by atoms with Crippen LogP contribution >= 0.6 is 0 Å². The molecule has 1 N–H and O–H groups in total. The summed E-state index contributed by atoms with van der Waals surface area (Å²) in [6, 6.07) is 11.4. The SMILES string of the molecule is CNCc1ccc(Cn2cnc3cc4c(cc32)CCC4)cc1C. The summed E-state index contributed by atoms with van der Waals surface area (Å²) in [5.74, 6) is 0. The minimum Gasteiger partial charge on any atom is -0.326 e. The van der Waals surface area contributed by atoms with Gasteiger partial charge in [0, 0.05) is 13.1 Å². The number of hydrogen-bond acceptors (Lipinski definition) is 2. The molecule has 3 nitrogen and oxygen atoms in total. The van der Waals surface area contributed by atoms with Crippen molar-refractivity contribution >= 4 is 11.0 Å². The lowest BCUT2D eigenvalue weighted by molar-refractivity contribution is 0.801. The fourth-order valence-corrected chi connectivity index (χ4v) is 3.69. The average Bonchev–Trinajstić information content (AvgIpc) is 3.15. The van der Waals surface area contributed by atoms with Crippen molar-refractivity contribution in [1.82, 2.24) is 14.9 Å². The lowest BCUT2D eigenvalue weighted by Crippen LogP contribution is -2.07. The second kappa shape index (κ2) is 5.82. The molecule has 3 aromatic rings. The van der Waals surface area contributed by atoms with E-state index in [1.54, 1.807) is 0 Å². The molecule has 0 saturated heterocycles. The van der Waals surface area contributed by atoms with Crippen molar-refractivity contribution in [3.8, 4) is 0 Å². The maximum atomic E-state index is 4.61. The van der Waals surface area contributed by atoms with E-state index in [1.807, 2.05) is 13.4 Å². The van der Waals surface area contributed by atoms with E-state index >= 15 is 0 Å². The molecule has 0 saturated carbocycles. The van der Waals surface area contributed by atoms with Crippen molar-refractivity contribution in [3.63, 3.8) is 0 Å². The number of rotatable bonds is 4. The summed E-state index contributed by atoms with van der Waals surface area (Å²) in [5, 5.41) is 3.22. The molecule has 0 bridgehead atoms. The molecule has 0 unspecified atom stereocenters. The second-order valence-corrected chi connectivity index (χ2v) is 6.63. The zero-order chi connectivity index (χ0) is 15.8. The summed E-state index contributed by atoms with van der Waals surface area (Å²) < 4.78 is 2.28. The van der Waals surface area contributed by atoms with Gasteiger partial charge < -0.3 is 9.88 Å². The normalized spacial score (nSPS) is 13.7. The van der Waals surface area contributed by atoms with Gasteiger partial charge in [0.25, 0.3) is 0 Å². The lowest BCUT2D eigenvalue weighted by Gasteiger charge is -2.10. The summed E-state index contributed by atoms with van der Waals surface area (Å²) in [6.07, 6.45) is 5.70. The topological polar surface area (TPSA) is 29.9 Å². The predicted octanol–water partition coefficient (Wildman–Crippen LogP) is 3.60.